The quantitative estimate of drug-likeness (QED) is 0.685. The summed E-state index contributed by atoms with van der Waals surface area (Å²) >= 11 is 0. The second-order valence-electron chi connectivity index (χ2n) is 4.73. The maximum atomic E-state index is 13.4. The zero-order chi connectivity index (χ0) is 15.0. The SMILES string of the molecule is CCc1oc(-c2ccc(OC)c3nc(F)ccc23)nc1C. The first-order chi connectivity index (χ1) is 10.1. The largest absolute Gasteiger partial charge is 0.494 e. The molecular weight excluding hydrogens is 271 g/mol. The molecule has 5 heteroatoms. The Morgan fingerprint density at radius 2 is 2.00 bits per heavy atom. The van der Waals surface area contributed by atoms with Crippen LogP contribution >= 0.6 is 0 Å². The Balaban J connectivity index is 2.27. The van der Waals surface area contributed by atoms with Gasteiger partial charge in [0.15, 0.2) is 0 Å². The van der Waals surface area contributed by atoms with Crippen LogP contribution in [0.3, 0.4) is 0 Å². The number of oxazole rings is 1. The molecule has 0 amide bonds. The van der Waals surface area contributed by atoms with Crippen molar-refractivity contribution in [3.05, 3.63) is 41.7 Å². The minimum atomic E-state index is -0.546. The number of benzene rings is 1. The van der Waals surface area contributed by atoms with E-state index in [2.05, 4.69) is 9.97 Å². The number of hydrogen-bond donors (Lipinski definition) is 0. The summed E-state index contributed by atoms with van der Waals surface area (Å²) in [7, 11) is 1.53. The fourth-order valence-corrected chi connectivity index (χ4v) is 2.39. The van der Waals surface area contributed by atoms with Gasteiger partial charge in [-0.05, 0) is 31.2 Å². The van der Waals surface area contributed by atoms with E-state index in [1.54, 1.807) is 12.1 Å². The number of methoxy groups -OCH3 is 1. The summed E-state index contributed by atoms with van der Waals surface area (Å²) in [6, 6.07) is 6.59. The van der Waals surface area contributed by atoms with E-state index < -0.39 is 5.95 Å². The molecule has 2 heterocycles. The van der Waals surface area contributed by atoms with Gasteiger partial charge in [0.25, 0.3) is 0 Å². The molecule has 0 unspecified atom stereocenters. The molecule has 4 nitrogen and oxygen atoms in total. The second kappa shape index (κ2) is 5.16. The van der Waals surface area contributed by atoms with Crippen LogP contribution in [0.15, 0.2) is 28.7 Å². The van der Waals surface area contributed by atoms with Gasteiger partial charge in [-0.1, -0.05) is 6.92 Å². The zero-order valence-corrected chi connectivity index (χ0v) is 12.1. The first kappa shape index (κ1) is 13.5. The number of ether oxygens (including phenoxy) is 1. The summed E-state index contributed by atoms with van der Waals surface area (Å²) in [6.45, 7) is 3.93. The molecule has 0 N–H and O–H groups in total. The highest BCUT2D eigenvalue weighted by molar-refractivity contribution is 5.96. The first-order valence-corrected chi connectivity index (χ1v) is 6.74. The third-order valence-corrected chi connectivity index (χ3v) is 3.45. The Labute approximate surface area is 121 Å². The van der Waals surface area contributed by atoms with Crippen molar-refractivity contribution in [3.8, 4) is 17.2 Å². The lowest BCUT2D eigenvalue weighted by Gasteiger charge is -2.07. The number of aryl methyl sites for hydroxylation is 2. The highest BCUT2D eigenvalue weighted by atomic mass is 19.1. The maximum absolute atomic E-state index is 13.4. The van der Waals surface area contributed by atoms with Crippen LogP contribution in [0.4, 0.5) is 4.39 Å². The summed E-state index contributed by atoms with van der Waals surface area (Å²) in [6.07, 6.45) is 0.778. The fraction of sp³-hybridized carbons (Fsp3) is 0.250. The Morgan fingerprint density at radius 1 is 1.19 bits per heavy atom. The van der Waals surface area contributed by atoms with Crippen LogP contribution < -0.4 is 4.74 Å². The molecule has 0 fully saturated rings. The van der Waals surface area contributed by atoms with Gasteiger partial charge in [-0.15, -0.1) is 0 Å². The van der Waals surface area contributed by atoms with Crippen LogP contribution in [0.2, 0.25) is 0 Å². The Morgan fingerprint density at radius 3 is 2.67 bits per heavy atom. The summed E-state index contributed by atoms with van der Waals surface area (Å²) in [5, 5.41) is 0.750. The van der Waals surface area contributed by atoms with E-state index in [1.165, 1.54) is 13.2 Å². The molecule has 0 saturated carbocycles. The summed E-state index contributed by atoms with van der Waals surface area (Å²) in [4.78, 5) is 8.37. The highest BCUT2D eigenvalue weighted by Crippen LogP contribution is 2.33. The van der Waals surface area contributed by atoms with Gasteiger partial charge >= 0.3 is 0 Å². The van der Waals surface area contributed by atoms with E-state index >= 15 is 0 Å². The van der Waals surface area contributed by atoms with E-state index in [0.29, 0.717) is 17.2 Å². The molecule has 0 aliphatic heterocycles. The van der Waals surface area contributed by atoms with Crippen molar-refractivity contribution in [2.75, 3.05) is 7.11 Å². The number of halogens is 1. The van der Waals surface area contributed by atoms with E-state index in [9.17, 15) is 4.39 Å². The minimum absolute atomic E-state index is 0.462. The zero-order valence-electron chi connectivity index (χ0n) is 12.1. The van der Waals surface area contributed by atoms with Crippen molar-refractivity contribution < 1.29 is 13.5 Å². The summed E-state index contributed by atoms with van der Waals surface area (Å²) in [5.74, 6) is 1.34. The van der Waals surface area contributed by atoms with Gasteiger partial charge in [-0.25, -0.2) is 9.97 Å². The number of fused-ring (bicyclic) bond motifs is 1. The lowest BCUT2D eigenvalue weighted by molar-refractivity contribution is 0.418. The number of rotatable bonds is 3. The van der Waals surface area contributed by atoms with E-state index in [1.807, 2.05) is 19.9 Å². The lowest BCUT2D eigenvalue weighted by atomic mass is 10.1. The van der Waals surface area contributed by atoms with Crippen molar-refractivity contribution in [1.29, 1.82) is 0 Å². The molecule has 2 aromatic heterocycles. The third kappa shape index (κ3) is 2.24. The van der Waals surface area contributed by atoms with Gasteiger partial charge in [-0.2, -0.15) is 4.39 Å². The number of pyridine rings is 1. The minimum Gasteiger partial charge on any atom is -0.494 e. The molecule has 0 atom stereocenters. The van der Waals surface area contributed by atoms with Gasteiger partial charge in [0.05, 0.1) is 12.8 Å². The molecule has 0 saturated heterocycles. The Kier molecular flexibility index (Phi) is 3.33. The number of nitrogens with zero attached hydrogens (tertiary/aromatic N) is 2. The Hall–Kier alpha value is -2.43. The molecule has 0 aliphatic rings. The van der Waals surface area contributed by atoms with E-state index in [0.717, 1.165) is 28.8 Å². The average molecular weight is 286 g/mol. The second-order valence-corrected chi connectivity index (χ2v) is 4.73. The summed E-state index contributed by atoms with van der Waals surface area (Å²) in [5.41, 5.74) is 2.11. The standard InChI is InChI=1S/C16H15FN2O2/c1-4-12-9(2)18-16(21-12)11-5-7-13(20-3)15-10(11)6-8-14(17)19-15/h5-8H,4H2,1-3H3. The predicted molar refractivity (Wildman–Crippen MR) is 77.9 cm³/mol. The van der Waals surface area contributed by atoms with Gasteiger partial charge in [0, 0.05) is 17.4 Å². The molecule has 3 aromatic rings. The Bertz CT molecular complexity index is 811. The van der Waals surface area contributed by atoms with Crippen LogP contribution in [0, 0.1) is 12.9 Å². The van der Waals surface area contributed by atoms with Crippen LogP contribution in [0.1, 0.15) is 18.4 Å². The van der Waals surface area contributed by atoms with Crippen LogP contribution in [0.25, 0.3) is 22.4 Å². The molecule has 1 aromatic carbocycles. The van der Waals surface area contributed by atoms with Crippen LogP contribution in [-0.4, -0.2) is 17.1 Å². The number of hydrogen-bond acceptors (Lipinski definition) is 4. The van der Waals surface area contributed by atoms with Crippen molar-refractivity contribution in [3.63, 3.8) is 0 Å². The van der Waals surface area contributed by atoms with E-state index in [4.69, 9.17) is 9.15 Å². The van der Waals surface area contributed by atoms with Gasteiger partial charge in [-0.3, -0.25) is 0 Å². The molecule has 108 valence electrons. The van der Waals surface area contributed by atoms with E-state index in [-0.39, 0.29) is 0 Å². The molecule has 0 aliphatic carbocycles. The molecule has 3 rings (SSSR count). The van der Waals surface area contributed by atoms with Gasteiger partial charge in [0.2, 0.25) is 11.8 Å². The maximum Gasteiger partial charge on any atom is 0.227 e. The van der Waals surface area contributed by atoms with Crippen molar-refractivity contribution in [1.82, 2.24) is 9.97 Å². The topological polar surface area (TPSA) is 48.2 Å². The van der Waals surface area contributed by atoms with Gasteiger partial charge < -0.3 is 9.15 Å². The lowest BCUT2D eigenvalue weighted by Crippen LogP contribution is -1.92. The predicted octanol–water partition coefficient (Wildman–Crippen LogP) is 3.91. The molecule has 21 heavy (non-hydrogen) atoms. The van der Waals surface area contributed by atoms with Crippen molar-refractivity contribution >= 4 is 10.9 Å². The smallest absolute Gasteiger partial charge is 0.227 e. The molecular formula is C16H15FN2O2. The van der Waals surface area contributed by atoms with Crippen molar-refractivity contribution in [2.24, 2.45) is 0 Å². The van der Waals surface area contributed by atoms with Crippen LogP contribution in [-0.2, 0) is 6.42 Å². The highest BCUT2D eigenvalue weighted by Gasteiger charge is 2.16. The molecule has 0 radical (unpaired) electrons. The average Bonchev–Trinajstić information content (AvgIpc) is 2.86. The monoisotopic (exact) mass is 286 g/mol. The summed E-state index contributed by atoms with van der Waals surface area (Å²) < 4.78 is 24.4. The molecule has 0 bridgehead atoms. The first-order valence-electron chi connectivity index (χ1n) is 6.74. The molecule has 0 spiro atoms. The van der Waals surface area contributed by atoms with Crippen LogP contribution in [0.5, 0.6) is 5.75 Å². The van der Waals surface area contributed by atoms with Gasteiger partial charge in [0.1, 0.15) is 17.0 Å². The number of aromatic nitrogens is 2. The normalized spacial score (nSPS) is 11.0. The fourth-order valence-electron chi connectivity index (χ4n) is 2.39. The third-order valence-electron chi connectivity index (χ3n) is 3.45. The van der Waals surface area contributed by atoms with Crippen molar-refractivity contribution in [2.45, 2.75) is 20.3 Å².